The molecule has 0 aliphatic carbocycles. The lowest BCUT2D eigenvalue weighted by molar-refractivity contribution is -0.137. The zero-order chi connectivity index (χ0) is 12.9. The molecule has 1 aliphatic heterocycles. The minimum atomic E-state index is -3.37. The summed E-state index contributed by atoms with van der Waals surface area (Å²) in [5, 5.41) is 8.48. The van der Waals surface area contributed by atoms with Crippen molar-refractivity contribution in [3.05, 3.63) is 0 Å². The van der Waals surface area contributed by atoms with Gasteiger partial charge in [-0.2, -0.15) is 17.4 Å². The molecule has 1 aliphatic rings. The average Bonchev–Trinajstić information content (AvgIpc) is 2.68. The highest BCUT2D eigenvalue weighted by atomic mass is 32.2. The van der Waals surface area contributed by atoms with Gasteiger partial charge in [-0.1, -0.05) is 0 Å². The highest BCUT2D eigenvalue weighted by Crippen LogP contribution is 2.12. The van der Waals surface area contributed by atoms with Crippen molar-refractivity contribution in [2.24, 2.45) is 0 Å². The number of carboxylic acids is 1. The molecule has 0 aromatic carbocycles. The Bertz CT molecular complexity index is 349. The first-order chi connectivity index (χ1) is 7.92. The van der Waals surface area contributed by atoms with Gasteiger partial charge in [0.05, 0.1) is 0 Å². The maximum absolute atomic E-state index is 11.8. The molecule has 0 saturated carbocycles. The molecule has 17 heavy (non-hydrogen) atoms. The quantitative estimate of drug-likeness (QED) is 0.703. The van der Waals surface area contributed by atoms with Gasteiger partial charge in [-0.15, -0.1) is 0 Å². The van der Waals surface area contributed by atoms with Crippen molar-refractivity contribution in [2.75, 3.05) is 13.1 Å². The van der Waals surface area contributed by atoms with E-state index < -0.39 is 16.2 Å². The molecule has 0 aromatic rings. The largest absolute Gasteiger partial charge is 0.481 e. The molecule has 0 bridgehead atoms. The van der Waals surface area contributed by atoms with Crippen molar-refractivity contribution in [3.8, 4) is 0 Å². The van der Waals surface area contributed by atoms with E-state index in [1.54, 1.807) is 6.92 Å². The van der Waals surface area contributed by atoms with Crippen LogP contribution in [0.15, 0.2) is 0 Å². The number of carbonyl (C=O) groups is 1. The third kappa shape index (κ3) is 5.01. The highest BCUT2D eigenvalue weighted by Gasteiger charge is 2.26. The summed E-state index contributed by atoms with van der Waals surface area (Å²) >= 11 is 0. The second-order valence-electron chi connectivity index (χ2n) is 4.42. The van der Waals surface area contributed by atoms with Gasteiger partial charge in [0, 0.05) is 25.6 Å². The van der Waals surface area contributed by atoms with Crippen LogP contribution in [0.3, 0.4) is 0 Å². The third-order valence-corrected chi connectivity index (χ3v) is 4.53. The second kappa shape index (κ2) is 6.32. The predicted octanol–water partition coefficient (Wildman–Crippen LogP) is 0.560. The first-order valence-electron chi connectivity index (χ1n) is 5.91. The number of carboxylic acid groups (broad SMARTS) is 1. The molecule has 1 heterocycles. The van der Waals surface area contributed by atoms with Crippen molar-refractivity contribution < 1.29 is 18.3 Å². The fourth-order valence-electron chi connectivity index (χ4n) is 1.88. The molecule has 6 nitrogen and oxygen atoms in total. The summed E-state index contributed by atoms with van der Waals surface area (Å²) in [5.41, 5.74) is 0. The van der Waals surface area contributed by atoms with Gasteiger partial charge in [-0.05, 0) is 32.6 Å². The van der Waals surface area contributed by atoms with Crippen LogP contribution in [0.25, 0.3) is 0 Å². The third-order valence-electron chi connectivity index (χ3n) is 2.78. The van der Waals surface area contributed by atoms with Crippen LogP contribution in [0.4, 0.5) is 0 Å². The summed E-state index contributed by atoms with van der Waals surface area (Å²) in [5.74, 6) is -0.848. The van der Waals surface area contributed by atoms with Crippen molar-refractivity contribution in [1.82, 2.24) is 9.03 Å². The fourth-order valence-corrected chi connectivity index (χ4v) is 3.39. The SMILES string of the molecule is CC(CCCC(=O)O)NS(=O)(=O)N1CCCC1. The molecule has 1 atom stereocenters. The lowest BCUT2D eigenvalue weighted by Gasteiger charge is -2.20. The molecule has 1 fully saturated rings. The molecule has 0 radical (unpaired) electrons. The lowest BCUT2D eigenvalue weighted by Crippen LogP contribution is -2.43. The summed E-state index contributed by atoms with van der Waals surface area (Å²) in [6, 6.07) is -0.222. The smallest absolute Gasteiger partial charge is 0.303 e. The summed E-state index contributed by atoms with van der Waals surface area (Å²) in [7, 11) is -3.37. The second-order valence-corrected chi connectivity index (χ2v) is 6.12. The Labute approximate surface area is 102 Å². The van der Waals surface area contributed by atoms with E-state index in [2.05, 4.69) is 4.72 Å². The van der Waals surface area contributed by atoms with E-state index >= 15 is 0 Å². The monoisotopic (exact) mass is 264 g/mol. The summed E-state index contributed by atoms with van der Waals surface area (Å²) in [6.45, 7) is 2.92. The summed E-state index contributed by atoms with van der Waals surface area (Å²) < 4.78 is 27.7. The molecule has 100 valence electrons. The number of nitrogens with one attached hydrogen (secondary N) is 1. The highest BCUT2D eigenvalue weighted by molar-refractivity contribution is 7.87. The van der Waals surface area contributed by atoms with Crippen LogP contribution in [0.5, 0.6) is 0 Å². The van der Waals surface area contributed by atoms with Crippen molar-refractivity contribution >= 4 is 16.2 Å². The molecular weight excluding hydrogens is 244 g/mol. The topological polar surface area (TPSA) is 86.7 Å². The van der Waals surface area contributed by atoms with Crippen molar-refractivity contribution in [2.45, 2.75) is 45.1 Å². The van der Waals surface area contributed by atoms with Gasteiger partial charge >= 0.3 is 5.97 Å². The van der Waals surface area contributed by atoms with Crippen molar-refractivity contribution in [1.29, 1.82) is 0 Å². The summed E-state index contributed by atoms with van der Waals surface area (Å²) in [6.07, 6.45) is 2.93. The van der Waals surface area contributed by atoms with Gasteiger partial charge in [0.1, 0.15) is 0 Å². The molecule has 0 spiro atoms. The van der Waals surface area contributed by atoms with Crippen molar-refractivity contribution in [3.63, 3.8) is 0 Å². The number of nitrogens with zero attached hydrogens (tertiary/aromatic N) is 1. The van der Waals surface area contributed by atoms with Gasteiger partial charge in [-0.3, -0.25) is 4.79 Å². The van der Waals surface area contributed by atoms with Crippen LogP contribution in [-0.2, 0) is 15.0 Å². The maximum atomic E-state index is 11.8. The van der Waals surface area contributed by atoms with Crippen LogP contribution in [0.1, 0.15) is 39.0 Å². The molecule has 1 saturated heterocycles. The summed E-state index contributed by atoms with van der Waals surface area (Å²) in [4.78, 5) is 10.3. The minimum absolute atomic E-state index is 0.0791. The normalized spacial score (nSPS) is 19.4. The van der Waals surface area contributed by atoms with Gasteiger partial charge in [0.15, 0.2) is 0 Å². The zero-order valence-electron chi connectivity index (χ0n) is 10.1. The number of hydrogen-bond donors (Lipinski definition) is 2. The van der Waals surface area contributed by atoms with Gasteiger partial charge < -0.3 is 5.11 Å². The van der Waals surface area contributed by atoms with Gasteiger partial charge in [0.25, 0.3) is 10.2 Å². The Kier molecular flexibility index (Phi) is 5.35. The van der Waals surface area contributed by atoms with E-state index in [-0.39, 0.29) is 12.5 Å². The van der Waals surface area contributed by atoms with Crippen LogP contribution < -0.4 is 4.72 Å². The van der Waals surface area contributed by atoms with E-state index in [4.69, 9.17) is 5.11 Å². The lowest BCUT2D eigenvalue weighted by atomic mass is 10.1. The fraction of sp³-hybridized carbons (Fsp3) is 0.900. The van der Waals surface area contributed by atoms with E-state index in [0.717, 1.165) is 12.8 Å². The number of aliphatic carboxylic acids is 1. The molecule has 7 heteroatoms. The van der Waals surface area contributed by atoms with E-state index in [1.165, 1.54) is 4.31 Å². The predicted molar refractivity (Wildman–Crippen MR) is 63.8 cm³/mol. The van der Waals surface area contributed by atoms with Crippen LogP contribution in [-0.4, -0.2) is 42.9 Å². The van der Waals surface area contributed by atoms with E-state index in [9.17, 15) is 13.2 Å². The Morgan fingerprint density at radius 1 is 1.41 bits per heavy atom. The van der Waals surface area contributed by atoms with E-state index in [1.807, 2.05) is 0 Å². The Morgan fingerprint density at radius 2 is 2.00 bits per heavy atom. The van der Waals surface area contributed by atoms with Crippen LogP contribution >= 0.6 is 0 Å². The maximum Gasteiger partial charge on any atom is 0.303 e. The van der Waals surface area contributed by atoms with Gasteiger partial charge in [-0.25, -0.2) is 0 Å². The molecule has 0 aromatic heterocycles. The van der Waals surface area contributed by atoms with Gasteiger partial charge in [0.2, 0.25) is 0 Å². The average molecular weight is 264 g/mol. The molecule has 2 N–H and O–H groups in total. The first kappa shape index (κ1) is 14.4. The molecular formula is C10H20N2O4S. The molecule has 0 amide bonds. The van der Waals surface area contributed by atoms with Crippen LogP contribution in [0, 0.1) is 0 Å². The number of rotatable bonds is 7. The minimum Gasteiger partial charge on any atom is -0.481 e. The van der Waals surface area contributed by atoms with Crippen LogP contribution in [0.2, 0.25) is 0 Å². The van der Waals surface area contributed by atoms with E-state index in [0.29, 0.717) is 25.9 Å². The molecule has 1 rings (SSSR count). The number of hydrogen-bond acceptors (Lipinski definition) is 3. The Hall–Kier alpha value is -0.660. The molecule has 1 unspecified atom stereocenters. The Balaban J connectivity index is 2.33. The Morgan fingerprint density at radius 3 is 2.53 bits per heavy atom. The zero-order valence-corrected chi connectivity index (χ0v) is 10.9. The first-order valence-corrected chi connectivity index (χ1v) is 7.35. The standard InChI is InChI=1S/C10H20N2O4S/c1-9(5-4-6-10(13)14)11-17(15,16)12-7-2-3-8-12/h9,11H,2-8H2,1H3,(H,13,14).